The molecule has 0 saturated carbocycles. The molecule has 3 rings (SSSR count). The van der Waals surface area contributed by atoms with Gasteiger partial charge in [0.2, 0.25) is 0 Å². The first-order valence-corrected chi connectivity index (χ1v) is 8.54. The van der Waals surface area contributed by atoms with E-state index in [0.717, 1.165) is 19.5 Å². The van der Waals surface area contributed by atoms with Crippen LogP contribution in [0.15, 0.2) is 30.2 Å². The maximum absolute atomic E-state index is 10.2. The Bertz CT molecular complexity index is 532. The first-order valence-electron chi connectivity index (χ1n) is 7.66. The standard InChI is InChI=1S/C15H22N4O2S/c20-14(9-21-10-15-4-2-6-22-15)8-18-5-1-3-13(18)7-19-12-16-11-17-19/h2,4,6,11-14,20H,1,3,5,7-10H2/t13-,14+/m1/s1. The highest BCUT2D eigenvalue weighted by atomic mass is 32.1. The van der Waals surface area contributed by atoms with Gasteiger partial charge >= 0.3 is 0 Å². The minimum Gasteiger partial charge on any atom is -0.389 e. The molecule has 0 bridgehead atoms. The van der Waals surface area contributed by atoms with Crippen LogP contribution in [0.1, 0.15) is 17.7 Å². The van der Waals surface area contributed by atoms with Gasteiger partial charge in [-0.3, -0.25) is 9.58 Å². The molecular formula is C15H22N4O2S. The van der Waals surface area contributed by atoms with Crippen LogP contribution in [-0.4, -0.2) is 56.6 Å². The van der Waals surface area contributed by atoms with Gasteiger partial charge in [0.05, 0.1) is 25.9 Å². The Morgan fingerprint density at radius 1 is 1.50 bits per heavy atom. The third-order valence-electron chi connectivity index (χ3n) is 3.94. The summed E-state index contributed by atoms with van der Waals surface area (Å²) in [6.07, 6.45) is 5.17. The zero-order chi connectivity index (χ0) is 15.2. The number of thiophene rings is 1. The van der Waals surface area contributed by atoms with Crippen molar-refractivity contribution in [2.75, 3.05) is 19.7 Å². The molecule has 1 aliphatic rings. The van der Waals surface area contributed by atoms with Gasteiger partial charge in [0.25, 0.3) is 0 Å². The third-order valence-corrected chi connectivity index (χ3v) is 4.79. The topological polar surface area (TPSA) is 63.4 Å². The molecule has 3 heterocycles. The summed E-state index contributed by atoms with van der Waals surface area (Å²) < 4.78 is 7.46. The summed E-state index contributed by atoms with van der Waals surface area (Å²) in [5.74, 6) is 0. The number of β-amino-alcohol motifs (C(OH)–C–C–N with tert-alkyl or cyclic N) is 1. The predicted molar refractivity (Wildman–Crippen MR) is 84.6 cm³/mol. The average Bonchev–Trinajstić information content (AvgIpc) is 3.23. The first-order chi connectivity index (χ1) is 10.8. The summed E-state index contributed by atoms with van der Waals surface area (Å²) in [7, 11) is 0. The molecule has 0 spiro atoms. The molecule has 22 heavy (non-hydrogen) atoms. The Morgan fingerprint density at radius 3 is 3.23 bits per heavy atom. The molecule has 0 radical (unpaired) electrons. The molecule has 120 valence electrons. The summed E-state index contributed by atoms with van der Waals surface area (Å²) >= 11 is 1.68. The summed E-state index contributed by atoms with van der Waals surface area (Å²) in [6, 6.07) is 4.48. The number of hydrogen-bond donors (Lipinski definition) is 1. The lowest BCUT2D eigenvalue weighted by atomic mass is 10.2. The second-order valence-electron chi connectivity index (χ2n) is 5.66. The van der Waals surface area contributed by atoms with Crippen molar-refractivity contribution in [1.82, 2.24) is 19.7 Å². The molecule has 1 aliphatic heterocycles. The van der Waals surface area contributed by atoms with Gasteiger partial charge in [0.1, 0.15) is 12.7 Å². The van der Waals surface area contributed by atoms with Crippen LogP contribution in [-0.2, 0) is 17.9 Å². The van der Waals surface area contributed by atoms with Crippen molar-refractivity contribution in [3.8, 4) is 0 Å². The smallest absolute Gasteiger partial charge is 0.137 e. The minimum atomic E-state index is -0.448. The van der Waals surface area contributed by atoms with Crippen molar-refractivity contribution in [1.29, 1.82) is 0 Å². The average molecular weight is 322 g/mol. The van der Waals surface area contributed by atoms with Gasteiger partial charge in [-0.1, -0.05) is 6.07 Å². The van der Waals surface area contributed by atoms with E-state index < -0.39 is 6.10 Å². The van der Waals surface area contributed by atoms with Gasteiger partial charge < -0.3 is 9.84 Å². The Kier molecular flexibility index (Phi) is 5.55. The van der Waals surface area contributed by atoms with Gasteiger partial charge in [-0.15, -0.1) is 11.3 Å². The van der Waals surface area contributed by atoms with E-state index in [1.807, 2.05) is 22.2 Å². The Balaban J connectivity index is 1.40. The molecule has 0 unspecified atom stereocenters. The lowest BCUT2D eigenvalue weighted by Crippen LogP contribution is -2.40. The third kappa shape index (κ3) is 4.36. The zero-order valence-corrected chi connectivity index (χ0v) is 13.4. The number of aliphatic hydroxyl groups is 1. The molecule has 1 fully saturated rings. The monoisotopic (exact) mass is 322 g/mol. The van der Waals surface area contributed by atoms with Crippen molar-refractivity contribution in [3.05, 3.63) is 35.0 Å². The first kappa shape index (κ1) is 15.6. The van der Waals surface area contributed by atoms with E-state index in [-0.39, 0.29) is 0 Å². The van der Waals surface area contributed by atoms with E-state index in [1.165, 1.54) is 11.3 Å². The SMILES string of the molecule is O[C@H](COCc1cccs1)CN1CCC[C@@H]1Cn1cncn1. The van der Waals surface area contributed by atoms with Crippen molar-refractivity contribution >= 4 is 11.3 Å². The van der Waals surface area contributed by atoms with Crippen LogP contribution < -0.4 is 0 Å². The highest BCUT2D eigenvalue weighted by Crippen LogP contribution is 2.19. The number of aromatic nitrogens is 3. The highest BCUT2D eigenvalue weighted by molar-refractivity contribution is 7.09. The van der Waals surface area contributed by atoms with Gasteiger partial charge in [-0.2, -0.15) is 5.10 Å². The van der Waals surface area contributed by atoms with E-state index in [4.69, 9.17) is 4.74 Å². The lowest BCUT2D eigenvalue weighted by molar-refractivity contribution is 0.00740. The van der Waals surface area contributed by atoms with Crippen molar-refractivity contribution in [2.45, 2.75) is 38.1 Å². The number of hydrogen-bond acceptors (Lipinski definition) is 6. The normalized spacial score (nSPS) is 20.5. The van der Waals surface area contributed by atoms with Gasteiger partial charge in [0, 0.05) is 17.5 Å². The Morgan fingerprint density at radius 2 is 2.45 bits per heavy atom. The van der Waals surface area contributed by atoms with Crippen LogP contribution in [0.4, 0.5) is 0 Å². The summed E-state index contributed by atoms with van der Waals surface area (Å²) in [6.45, 7) is 3.48. The second kappa shape index (κ2) is 7.82. The van der Waals surface area contributed by atoms with Crippen LogP contribution in [0.25, 0.3) is 0 Å². The van der Waals surface area contributed by atoms with E-state index in [1.54, 1.807) is 24.0 Å². The number of ether oxygens (including phenoxy) is 1. The summed E-state index contributed by atoms with van der Waals surface area (Å²) in [5, 5.41) is 16.4. The van der Waals surface area contributed by atoms with Gasteiger partial charge in [-0.25, -0.2) is 4.98 Å². The molecule has 0 amide bonds. The van der Waals surface area contributed by atoms with E-state index in [0.29, 0.717) is 25.8 Å². The maximum atomic E-state index is 10.2. The second-order valence-corrected chi connectivity index (χ2v) is 6.69. The van der Waals surface area contributed by atoms with Crippen LogP contribution in [0.5, 0.6) is 0 Å². The van der Waals surface area contributed by atoms with E-state index in [9.17, 15) is 5.11 Å². The molecule has 2 aromatic rings. The molecular weight excluding hydrogens is 300 g/mol. The summed E-state index contributed by atoms with van der Waals surface area (Å²) in [4.78, 5) is 7.51. The molecule has 6 nitrogen and oxygen atoms in total. The van der Waals surface area contributed by atoms with Crippen molar-refractivity contribution < 1.29 is 9.84 Å². The van der Waals surface area contributed by atoms with Crippen molar-refractivity contribution in [3.63, 3.8) is 0 Å². The van der Waals surface area contributed by atoms with Crippen LogP contribution in [0.3, 0.4) is 0 Å². The molecule has 2 aromatic heterocycles. The lowest BCUT2D eigenvalue weighted by Gasteiger charge is -2.26. The Hall–Kier alpha value is -1.28. The largest absolute Gasteiger partial charge is 0.389 e. The Labute approximate surface area is 134 Å². The van der Waals surface area contributed by atoms with Gasteiger partial charge in [-0.05, 0) is 30.8 Å². The van der Waals surface area contributed by atoms with Crippen LogP contribution in [0, 0.1) is 0 Å². The molecule has 1 saturated heterocycles. The number of likely N-dealkylation sites (tertiary alicyclic amines) is 1. The van der Waals surface area contributed by atoms with Gasteiger partial charge in [0.15, 0.2) is 0 Å². The fraction of sp³-hybridized carbons (Fsp3) is 0.600. The van der Waals surface area contributed by atoms with E-state index in [2.05, 4.69) is 15.0 Å². The van der Waals surface area contributed by atoms with Crippen molar-refractivity contribution in [2.24, 2.45) is 0 Å². The predicted octanol–water partition coefficient (Wildman–Crippen LogP) is 1.38. The van der Waals surface area contributed by atoms with Crippen LogP contribution >= 0.6 is 11.3 Å². The fourth-order valence-electron chi connectivity index (χ4n) is 2.90. The summed E-state index contributed by atoms with van der Waals surface area (Å²) in [5.41, 5.74) is 0. The molecule has 2 atom stereocenters. The molecule has 7 heteroatoms. The quantitative estimate of drug-likeness (QED) is 0.795. The fourth-order valence-corrected chi connectivity index (χ4v) is 3.54. The highest BCUT2D eigenvalue weighted by Gasteiger charge is 2.26. The maximum Gasteiger partial charge on any atom is 0.137 e. The molecule has 0 aliphatic carbocycles. The van der Waals surface area contributed by atoms with E-state index >= 15 is 0 Å². The minimum absolute atomic E-state index is 0.379. The number of rotatable bonds is 8. The van der Waals surface area contributed by atoms with Crippen LogP contribution in [0.2, 0.25) is 0 Å². The number of nitrogens with zero attached hydrogens (tertiary/aromatic N) is 4. The number of aliphatic hydroxyl groups excluding tert-OH is 1. The molecule has 1 N–H and O–H groups in total. The zero-order valence-electron chi connectivity index (χ0n) is 12.5. The molecule has 0 aromatic carbocycles.